The van der Waals surface area contributed by atoms with Gasteiger partial charge in [-0.3, -0.25) is 4.90 Å². The van der Waals surface area contributed by atoms with Gasteiger partial charge in [-0.2, -0.15) is 4.31 Å². The molecule has 34 heavy (non-hydrogen) atoms. The van der Waals surface area contributed by atoms with Gasteiger partial charge in [-0.25, -0.2) is 13.2 Å². The van der Waals surface area contributed by atoms with Crippen molar-refractivity contribution < 1.29 is 22.7 Å². The van der Waals surface area contributed by atoms with E-state index in [1.54, 1.807) is 28.6 Å². The molecule has 0 N–H and O–H groups in total. The lowest BCUT2D eigenvalue weighted by Crippen LogP contribution is -2.62. The van der Waals surface area contributed by atoms with Gasteiger partial charge < -0.3 is 14.4 Å². The summed E-state index contributed by atoms with van der Waals surface area (Å²) in [7, 11) is -1.69. The van der Waals surface area contributed by atoms with Crippen LogP contribution < -0.4 is 0 Å². The van der Waals surface area contributed by atoms with E-state index in [1.165, 1.54) is 0 Å². The lowest BCUT2D eigenvalue weighted by molar-refractivity contribution is -0.0776. The van der Waals surface area contributed by atoms with Crippen molar-refractivity contribution >= 4 is 27.7 Å². The van der Waals surface area contributed by atoms with E-state index in [2.05, 4.69) is 11.9 Å². The highest BCUT2D eigenvalue weighted by atomic mass is 35.5. The van der Waals surface area contributed by atoms with Crippen molar-refractivity contribution in [1.29, 1.82) is 0 Å². The first-order chi connectivity index (χ1) is 16.3. The molecule has 8 nitrogen and oxygen atoms in total. The third-order valence-corrected chi connectivity index (χ3v) is 10.7. The summed E-state index contributed by atoms with van der Waals surface area (Å²) >= 11 is 6.02. The smallest absolute Gasteiger partial charge is 0.410 e. The molecule has 5 fully saturated rings. The van der Waals surface area contributed by atoms with E-state index in [9.17, 15) is 13.2 Å². The highest BCUT2D eigenvalue weighted by molar-refractivity contribution is 7.89. The van der Waals surface area contributed by atoms with E-state index < -0.39 is 21.7 Å². The van der Waals surface area contributed by atoms with Gasteiger partial charge in [-0.05, 0) is 75.8 Å². The number of ether oxygens (including phenoxy) is 2. The normalized spacial score (nSPS) is 33.6. The average molecular weight is 510 g/mol. The van der Waals surface area contributed by atoms with Gasteiger partial charge in [0.05, 0.1) is 30.2 Å². The Labute approximate surface area is 206 Å². The van der Waals surface area contributed by atoms with E-state index in [-0.39, 0.29) is 29.6 Å². The summed E-state index contributed by atoms with van der Waals surface area (Å²) in [5, 5.41) is 0.491. The van der Waals surface area contributed by atoms with Crippen molar-refractivity contribution in [3.05, 3.63) is 29.3 Å². The van der Waals surface area contributed by atoms with Gasteiger partial charge in [-0.1, -0.05) is 11.6 Å². The third-order valence-electron chi connectivity index (χ3n) is 8.50. The second kappa shape index (κ2) is 8.34. The predicted octanol–water partition coefficient (Wildman–Crippen LogP) is 2.96. The molecule has 3 saturated heterocycles. The number of likely N-dealkylation sites (N-methyl/N-ethyl adjacent to an activating group) is 1. The Balaban J connectivity index is 1.27. The number of fused-ring (bicyclic) bond motifs is 2. The third kappa shape index (κ3) is 3.93. The van der Waals surface area contributed by atoms with Crippen LogP contribution in [0.4, 0.5) is 4.79 Å². The number of hydrogen-bond donors (Lipinski definition) is 0. The number of piperazine rings is 1. The SMILES string of the molecule is CN1C2CCC1CN(C(=O)OC1([C@H]3COC[C@@H](C4CC4)N3S(=O)(=O)c3ccc(Cl)cc3)CC1)C2. The summed E-state index contributed by atoms with van der Waals surface area (Å²) in [4.78, 5) is 17.7. The van der Waals surface area contributed by atoms with Crippen LogP contribution >= 0.6 is 11.6 Å². The summed E-state index contributed by atoms with van der Waals surface area (Å²) in [6.07, 6.45) is 5.16. The van der Waals surface area contributed by atoms with Crippen molar-refractivity contribution in [3.63, 3.8) is 0 Å². The number of rotatable bonds is 5. The molecule has 2 saturated carbocycles. The molecule has 0 spiro atoms. The number of morpholine rings is 1. The second-order valence-corrected chi connectivity index (χ2v) is 12.9. The Morgan fingerprint density at radius 3 is 2.29 bits per heavy atom. The maximum absolute atomic E-state index is 13.9. The van der Waals surface area contributed by atoms with Gasteiger partial charge in [0, 0.05) is 30.2 Å². The monoisotopic (exact) mass is 509 g/mol. The first-order valence-electron chi connectivity index (χ1n) is 12.4. The van der Waals surface area contributed by atoms with Crippen molar-refractivity contribution in [2.75, 3.05) is 33.4 Å². The summed E-state index contributed by atoms with van der Waals surface area (Å²) in [6.45, 7) is 1.94. The molecule has 10 heteroatoms. The molecule has 2 bridgehead atoms. The van der Waals surface area contributed by atoms with Crippen molar-refractivity contribution in [2.24, 2.45) is 5.92 Å². The van der Waals surface area contributed by atoms with E-state index >= 15 is 0 Å². The maximum atomic E-state index is 13.9. The zero-order chi connectivity index (χ0) is 23.7. The van der Waals surface area contributed by atoms with E-state index in [4.69, 9.17) is 21.1 Å². The van der Waals surface area contributed by atoms with Crippen LogP contribution in [-0.2, 0) is 19.5 Å². The van der Waals surface area contributed by atoms with Crippen molar-refractivity contribution in [3.8, 4) is 0 Å². The molecule has 0 radical (unpaired) electrons. The van der Waals surface area contributed by atoms with Crippen LogP contribution in [0, 0.1) is 5.92 Å². The molecule has 1 amide bonds. The Kier molecular flexibility index (Phi) is 5.65. The lowest BCUT2D eigenvalue weighted by Gasteiger charge is -2.45. The van der Waals surface area contributed by atoms with Gasteiger partial charge in [0.1, 0.15) is 5.60 Å². The molecule has 3 heterocycles. The fourth-order valence-electron chi connectivity index (χ4n) is 6.09. The zero-order valence-corrected chi connectivity index (χ0v) is 21.0. The number of likely N-dealkylation sites (tertiary alicyclic amines) is 1. The van der Waals surface area contributed by atoms with Gasteiger partial charge in [0.15, 0.2) is 0 Å². The van der Waals surface area contributed by atoms with Crippen LogP contribution in [0.5, 0.6) is 0 Å². The van der Waals surface area contributed by atoms with Crippen LogP contribution in [0.2, 0.25) is 5.02 Å². The summed E-state index contributed by atoms with van der Waals surface area (Å²) < 4.78 is 41.6. The number of amides is 1. The van der Waals surface area contributed by atoms with E-state index in [0.717, 1.165) is 25.7 Å². The van der Waals surface area contributed by atoms with Crippen molar-refractivity contribution in [2.45, 2.75) is 73.2 Å². The number of benzene rings is 1. The average Bonchev–Trinajstić information content (AvgIpc) is 3.74. The summed E-state index contributed by atoms with van der Waals surface area (Å²) in [5.41, 5.74) is -0.827. The highest BCUT2D eigenvalue weighted by Crippen LogP contribution is 2.50. The molecule has 186 valence electrons. The predicted molar refractivity (Wildman–Crippen MR) is 126 cm³/mol. The second-order valence-electron chi connectivity index (χ2n) is 10.6. The molecule has 2 aliphatic carbocycles. The van der Waals surface area contributed by atoms with Crippen LogP contribution in [0.1, 0.15) is 38.5 Å². The fourth-order valence-corrected chi connectivity index (χ4v) is 8.12. The molecule has 6 rings (SSSR count). The Morgan fingerprint density at radius 1 is 1.06 bits per heavy atom. The molecule has 1 aromatic carbocycles. The molecule has 0 aromatic heterocycles. The first kappa shape index (κ1) is 23.0. The molecule has 2 unspecified atom stereocenters. The fraction of sp³-hybridized carbons (Fsp3) is 0.708. The summed E-state index contributed by atoms with van der Waals surface area (Å²) in [6, 6.07) is 6.30. The lowest BCUT2D eigenvalue weighted by atomic mass is 10.0. The van der Waals surface area contributed by atoms with Crippen LogP contribution in [0.15, 0.2) is 29.2 Å². The van der Waals surface area contributed by atoms with Crippen LogP contribution in [0.3, 0.4) is 0 Å². The molecular weight excluding hydrogens is 478 g/mol. The number of hydrogen-bond acceptors (Lipinski definition) is 6. The molecule has 4 atom stereocenters. The largest absolute Gasteiger partial charge is 0.441 e. The van der Waals surface area contributed by atoms with Gasteiger partial charge in [0.25, 0.3) is 0 Å². The number of halogens is 1. The molecule has 1 aromatic rings. The number of carbonyl (C=O) groups excluding carboxylic acids is 1. The minimum Gasteiger partial charge on any atom is -0.441 e. The number of nitrogens with zero attached hydrogens (tertiary/aromatic N) is 3. The standard InChI is InChI=1S/C24H32ClN3O5S/c1-26-18-6-7-19(26)13-27(12-18)23(29)33-24(10-11-24)22-15-32-14-21(16-2-3-16)28(22)34(30,31)20-8-4-17(25)5-9-20/h4-5,8-9,16,18-19,21-22H,2-3,6-7,10-15H2,1H3/t18?,19?,21-,22+/m0/s1. The quantitative estimate of drug-likeness (QED) is 0.607. The topological polar surface area (TPSA) is 79.4 Å². The number of sulfonamides is 1. The molecular formula is C24H32ClN3O5S. The number of carbonyl (C=O) groups is 1. The highest BCUT2D eigenvalue weighted by Gasteiger charge is 2.62. The Bertz CT molecular complexity index is 1040. The zero-order valence-electron chi connectivity index (χ0n) is 19.4. The summed E-state index contributed by atoms with van der Waals surface area (Å²) in [5.74, 6) is 0.282. The van der Waals surface area contributed by atoms with E-state index in [1.807, 2.05) is 4.90 Å². The van der Waals surface area contributed by atoms with Crippen LogP contribution in [0.25, 0.3) is 0 Å². The van der Waals surface area contributed by atoms with Crippen molar-refractivity contribution in [1.82, 2.24) is 14.1 Å². The first-order valence-corrected chi connectivity index (χ1v) is 14.2. The van der Waals surface area contributed by atoms with Crippen LogP contribution in [-0.4, -0.2) is 91.7 Å². The molecule has 5 aliphatic rings. The van der Waals surface area contributed by atoms with Gasteiger partial charge >= 0.3 is 6.09 Å². The molecule has 3 aliphatic heterocycles. The van der Waals surface area contributed by atoms with E-state index in [0.29, 0.717) is 49.6 Å². The minimum absolute atomic E-state index is 0.215. The maximum Gasteiger partial charge on any atom is 0.410 e. The minimum atomic E-state index is -3.82. The Morgan fingerprint density at radius 2 is 1.71 bits per heavy atom. The van der Waals surface area contributed by atoms with Gasteiger partial charge in [0.2, 0.25) is 10.0 Å². The van der Waals surface area contributed by atoms with Gasteiger partial charge in [-0.15, -0.1) is 0 Å². The Hall–Kier alpha value is -1.39.